The summed E-state index contributed by atoms with van der Waals surface area (Å²) in [5.41, 5.74) is 2.15. The van der Waals surface area contributed by atoms with Crippen molar-refractivity contribution < 1.29 is 0 Å². The van der Waals surface area contributed by atoms with E-state index >= 15 is 0 Å². The number of nitrogens with zero attached hydrogens (tertiary/aromatic N) is 4. The third kappa shape index (κ3) is 3.29. The van der Waals surface area contributed by atoms with E-state index in [-0.39, 0.29) is 6.04 Å². The molecule has 112 valence electrons. The van der Waals surface area contributed by atoms with Gasteiger partial charge < -0.3 is 5.32 Å². The Morgan fingerprint density at radius 2 is 2.14 bits per heavy atom. The van der Waals surface area contributed by atoms with Crippen LogP contribution in [0.2, 0.25) is 0 Å². The van der Waals surface area contributed by atoms with Gasteiger partial charge in [-0.2, -0.15) is 5.10 Å². The Morgan fingerprint density at radius 3 is 2.86 bits per heavy atom. The molecule has 0 spiro atoms. The molecule has 0 saturated heterocycles. The fourth-order valence-electron chi connectivity index (χ4n) is 3.09. The molecule has 1 N–H and O–H groups in total. The van der Waals surface area contributed by atoms with Gasteiger partial charge in [0.2, 0.25) is 0 Å². The van der Waals surface area contributed by atoms with Crippen LogP contribution in [0, 0.1) is 6.92 Å². The summed E-state index contributed by atoms with van der Waals surface area (Å²) in [7, 11) is 1.97. The molecule has 1 atom stereocenters. The summed E-state index contributed by atoms with van der Waals surface area (Å²) in [6.45, 7) is 1.92. The first-order valence-electron chi connectivity index (χ1n) is 7.77. The molecule has 2 aromatic rings. The fraction of sp³-hybridized carbons (Fsp3) is 0.562. The van der Waals surface area contributed by atoms with Gasteiger partial charge in [-0.25, -0.2) is 9.97 Å². The monoisotopic (exact) mass is 285 g/mol. The molecular formula is C16H23N5. The first-order chi connectivity index (χ1) is 10.3. The molecule has 2 heterocycles. The highest BCUT2D eigenvalue weighted by Crippen LogP contribution is 2.29. The van der Waals surface area contributed by atoms with Crippen LogP contribution in [0.5, 0.6) is 0 Å². The summed E-state index contributed by atoms with van der Waals surface area (Å²) in [4.78, 5) is 8.68. The molecule has 1 aliphatic rings. The standard InChI is InChI=1S/C16H23N5/c1-12-18-9-7-15(19-12)16(17-2)11-13-8-10-21(20-13)14-5-3-4-6-14/h7-10,14,16-17H,3-6,11H2,1-2H3. The van der Waals surface area contributed by atoms with Crippen molar-refractivity contribution in [3.63, 3.8) is 0 Å². The molecular weight excluding hydrogens is 262 g/mol. The van der Waals surface area contributed by atoms with E-state index in [0.29, 0.717) is 6.04 Å². The lowest BCUT2D eigenvalue weighted by atomic mass is 10.1. The lowest BCUT2D eigenvalue weighted by molar-refractivity contribution is 0.458. The first kappa shape index (κ1) is 14.2. The maximum absolute atomic E-state index is 4.76. The Bertz CT molecular complexity index is 586. The molecule has 5 heteroatoms. The second kappa shape index (κ2) is 6.35. The van der Waals surface area contributed by atoms with Crippen molar-refractivity contribution in [2.24, 2.45) is 0 Å². The lowest BCUT2D eigenvalue weighted by Crippen LogP contribution is -2.21. The summed E-state index contributed by atoms with van der Waals surface area (Å²) in [5.74, 6) is 0.809. The average molecular weight is 285 g/mol. The molecule has 0 aromatic carbocycles. The van der Waals surface area contributed by atoms with E-state index in [4.69, 9.17) is 5.10 Å². The molecule has 1 fully saturated rings. The number of nitrogens with one attached hydrogen (secondary N) is 1. The summed E-state index contributed by atoms with van der Waals surface area (Å²) >= 11 is 0. The molecule has 3 rings (SSSR count). The van der Waals surface area contributed by atoms with Gasteiger partial charge in [0.15, 0.2) is 0 Å². The Balaban J connectivity index is 1.72. The highest BCUT2D eigenvalue weighted by atomic mass is 15.3. The SMILES string of the molecule is CNC(Cc1ccn(C2CCCC2)n1)c1ccnc(C)n1. The highest BCUT2D eigenvalue weighted by molar-refractivity contribution is 5.12. The molecule has 1 unspecified atom stereocenters. The van der Waals surface area contributed by atoms with Gasteiger partial charge in [0.25, 0.3) is 0 Å². The van der Waals surface area contributed by atoms with Crippen molar-refractivity contribution in [2.75, 3.05) is 7.05 Å². The van der Waals surface area contributed by atoms with Gasteiger partial charge in [-0.15, -0.1) is 0 Å². The molecule has 0 amide bonds. The van der Waals surface area contributed by atoms with E-state index in [1.54, 1.807) is 0 Å². The zero-order chi connectivity index (χ0) is 14.7. The number of aromatic nitrogens is 4. The second-order valence-corrected chi connectivity index (χ2v) is 5.80. The van der Waals surface area contributed by atoms with Gasteiger partial charge in [-0.1, -0.05) is 12.8 Å². The van der Waals surface area contributed by atoms with Crippen LogP contribution in [0.1, 0.15) is 55.0 Å². The minimum atomic E-state index is 0.179. The number of aryl methyl sites for hydroxylation is 1. The molecule has 0 bridgehead atoms. The van der Waals surface area contributed by atoms with E-state index < -0.39 is 0 Å². The van der Waals surface area contributed by atoms with Gasteiger partial charge in [-0.3, -0.25) is 4.68 Å². The van der Waals surface area contributed by atoms with Crippen LogP contribution in [-0.2, 0) is 6.42 Å². The van der Waals surface area contributed by atoms with Crippen LogP contribution in [0.25, 0.3) is 0 Å². The molecule has 5 nitrogen and oxygen atoms in total. The molecule has 0 radical (unpaired) electrons. The van der Waals surface area contributed by atoms with Crippen LogP contribution < -0.4 is 5.32 Å². The van der Waals surface area contributed by atoms with Crippen LogP contribution in [0.3, 0.4) is 0 Å². The lowest BCUT2D eigenvalue weighted by Gasteiger charge is -2.15. The summed E-state index contributed by atoms with van der Waals surface area (Å²) < 4.78 is 2.15. The molecule has 0 aliphatic heterocycles. The Kier molecular flexibility index (Phi) is 4.29. The topological polar surface area (TPSA) is 55.6 Å². The number of hydrogen-bond donors (Lipinski definition) is 1. The van der Waals surface area contributed by atoms with Gasteiger partial charge in [-0.05, 0) is 38.9 Å². The van der Waals surface area contributed by atoms with E-state index in [9.17, 15) is 0 Å². The van der Waals surface area contributed by atoms with E-state index in [2.05, 4.69) is 32.2 Å². The molecule has 1 saturated carbocycles. The van der Waals surface area contributed by atoms with E-state index in [1.807, 2.05) is 26.2 Å². The number of rotatable bonds is 5. The predicted octanol–water partition coefficient (Wildman–Crippen LogP) is 2.60. The normalized spacial score (nSPS) is 17.2. The van der Waals surface area contributed by atoms with Gasteiger partial charge >= 0.3 is 0 Å². The smallest absolute Gasteiger partial charge is 0.125 e. The highest BCUT2D eigenvalue weighted by Gasteiger charge is 2.19. The van der Waals surface area contributed by atoms with Crippen LogP contribution in [0.15, 0.2) is 24.5 Å². The van der Waals surface area contributed by atoms with Crippen molar-refractivity contribution in [1.29, 1.82) is 0 Å². The summed E-state index contributed by atoms with van der Waals surface area (Å²) in [5, 5.41) is 8.09. The quantitative estimate of drug-likeness (QED) is 0.917. The van der Waals surface area contributed by atoms with Crippen molar-refractivity contribution in [2.45, 2.75) is 51.1 Å². The maximum atomic E-state index is 4.76. The van der Waals surface area contributed by atoms with Crippen molar-refractivity contribution in [3.8, 4) is 0 Å². The average Bonchev–Trinajstić information content (AvgIpc) is 3.15. The largest absolute Gasteiger partial charge is 0.311 e. The Morgan fingerprint density at radius 1 is 1.33 bits per heavy atom. The molecule has 21 heavy (non-hydrogen) atoms. The van der Waals surface area contributed by atoms with Crippen molar-refractivity contribution in [1.82, 2.24) is 25.1 Å². The minimum absolute atomic E-state index is 0.179. The van der Waals surface area contributed by atoms with Gasteiger partial charge in [0.1, 0.15) is 5.82 Å². The number of likely N-dealkylation sites (N-methyl/N-ethyl adjacent to an activating group) is 1. The van der Waals surface area contributed by atoms with Crippen LogP contribution in [-0.4, -0.2) is 26.8 Å². The molecule has 2 aromatic heterocycles. The first-order valence-corrected chi connectivity index (χ1v) is 7.77. The summed E-state index contributed by atoms with van der Waals surface area (Å²) in [6, 6.07) is 4.89. The zero-order valence-corrected chi connectivity index (χ0v) is 12.8. The summed E-state index contributed by atoms with van der Waals surface area (Å²) in [6.07, 6.45) is 10.00. The van der Waals surface area contributed by atoms with Gasteiger partial charge in [0.05, 0.1) is 23.5 Å². The third-order valence-electron chi connectivity index (χ3n) is 4.28. The van der Waals surface area contributed by atoms with E-state index in [1.165, 1.54) is 25.7 Å². The van der Waals surface area contributed by atoms with Gasteiger partial charge in [0, 0.05) is 18.8 Å². The Hall–Kier alpha value is -1.75. The minimum Gasteiger partial charge on any atom is -0.311 e. The Labute approximate surface area is 125 Å². The second-order valence-electron chi connectivity index (χ2n) is 5.80. The fourth-order valence-corrected chi connectivity index (χ4v) is 3.09. The predicted molar refractivity (Wildman–Crippen MR) is 82.0 cm³/mol. The molecule has 1 aliphatic carbocycles. The van der Waals surface area contributed by atoms with Crippen molar-refractivity contribution >= 4 is 0 Å². The van der Waals surface area contributed by atoms with Crippen LogP contribution >= 0.6 is 0 Å². The van der Waals surface area contributed by atoms with E-state index in [0.717, 1.165) is 23.6 Å². The third-order valence-corrected chi connectivity index (χ3v) is 4.28. The van der Waals surface area contributed by atoms with Crippen molar-refractivity contribution in [3.05, 3.63) is 41.7 Å². The maximum Gasteiger partial charge on any atom is 0.125 e. The number of hydrogen-bond acceptors (Lipinski definition) is 4. The van der Waals surface area contributed by atoms with Crippen LogP contribution in [0.4, 0.5) is 0 Å². The zero-order valence-electron chi connectivity index (χ0n) is 12.8.